The van der Waals surface area contributed by atoms with Crippen LogP contribution in [0.1, 0.15) is 36.4 Å². The Labute approximate surface area is 126 Å². The van der Waals surface area contributed by atoms with E-state index in [1.54, 1.807) is 0 Å². The van der Waals surface area contributed by atoms with Crippen molar-refractivity contribution in [3.63, 3.8) is 0 Å². The first-order valence-corrected chi connectivity index (χ1v) is 8.52. The van der Waals surface area contributed by atoms with Crippen LogP contribution >= 0.6 is 11.3 Å². The van der Waals surface area contributed by atoms with Gasteiger partial charge in [-0.05, 0) is 52.3 Å². The molecule has 112 valence electrons. The SMILES string of the molecule is CCN(CC)C(=O)C1CCCN(Cc2ccc(C)s2)C1. The van der Waals surface area contributed by atoms with E-state index in [4.69, 9.17) is 0 Å². The second kappa shape index (κ2) is 7.23. The fourth-order valence-corrected chi connectivity index (χ4v) is 3.92. The van der Waals surface area contributed by atoms with Crippen molar-refractivity contribution in [1.82, 2.24) is 9.80 Å². The summed E-state index contributed by atoms with van der Waals surface area (Å²) in [7, 11) is 0. The lowest BCUT2D eigenvalue weighted by Crippen LogP contribution is -2.44. The third-order valence-corrected chi connectivity index (χ3v) is 5.09. The molecule has 4 heteroatoms. The van der Waals surface area contributed by atoms with Gasteiger partial charge < -0.3 is 4.90 Å². The van der Waals surface area contributed by atoms with E-state index in [2.05, 4.69) is 37.8 Å². The van der Waals surface area contributed by atoms with Crippen LogP contribution in [0.4, 0.5) is 0 Å². The van der Waals surface area contributed by atoms with Crippen LogP contribution in [0.25, 0.3) is 0 Å². The maximum atomic E-state index is 12.5. The quantitative estimate of drug-likeness (QED) is 0.833. The third kappa shape index (κ3) is 3.83. The number of hydrogen-bond donors (Lipinski definition) is 0. The van der Waals surface area contributed by atoms with Crippen LogP contribution in [0, 0.1) is 12.8 Å². The fourth-order valence-electron chi connectivity index (χ4n) is 2.98. The van der Waals surface area contributed by atoms with Crippen LogP contribution in [-0.4, -0.2) is 41.9 Å². The maximum absolute atomic E-state index is 12.5. The predicted octanol–water partition coefficient (Wildman–Crippen LogP) is 3.14. The normalized spacial score (nSPS) is 20.1. The van der Waals surface area contributed by atoms with Crippen LogP contribution in [0.3, 0.4) is 0 Å². The van der Waals surface area contributed by atoms with E-state index < -0.39 is 0 Å². The predicted molar refractivity (Wildman–Crippen MR) is 85.0 cm³/mol. The first kappa shape index (κ1) is 15.5. The zero-order valence-electron chi connectivity index (χ0n) is 12.9. The molecule has 0 saturated carbocycles. The molecular formula is C16H26N2OS. The van der Waals surface area contributed by atoms with Crippen LogP contribution in [0.5, 0.6) is 0 Å². The first-order valence-electron chi connectivity index (χ1n) is 7.70. The Bertz CT molecular complexity index is 439. The molecule has 3 nitrogen and oxygen atoms in total. The minimum Gasteiger partial charge on any atom is -0.343 e. The van der Waals surface area contributed by atoms with Crippen molar-refractivity contribution in [2.24, 2.45) is 5.92 Å². The zero-order chi connectivity index (χ0) is 14.5. The highest BCUT2D eigenvalue weighted by molar-refractivity contribution is 7.11. The number of hydrogen-bond acceptors (Lipinski definition) is 3. The number of likely N-dealkylation sites (tertiary alicyclic amines) is 1. The lowest BCUT2D eigenvalue weighted by molar-refractivity contribution is -0.137. The number of carbonyl (C=O) groups is 1. The number of thiophene rings is 1. The molecule has 1 aliphatic rings. The summed E-state index contributed by atoms with van der Waals surface area (Å²) in [5.41, 5.74) is 0. The third-order valence-electron chi connectivity index (χ3n) is 4.11. The van der Waals surface area contributed by atoms with Crippen molar-refractivity contribution in [1.29, 1.82) is 0 Å². The molecule has 1 unspecified atom stereocenters. The van der Waals surface area contributed by atoms with Crippen LogP contribution < -0.4 is 0 Å². The number of amides is 1. The van der Waals surface area contributed by atoms with Gasteiger partial charge in [-0.15, -0.1) is 11.3 Å². The molecule has 0 aliphatic carbocycles. The summed E-state index contributed by atoms with van der Waals surface area (Å²) >= 11 is 1.87. The summed E-state index contributed by atoms with van der Waals surface area (Å²) in [6.07, 6.45) is 2.19. The lowest BCUT2D eigenvalue weighted by Gasteiger charge is -2.34. The van der Waals surface area contributed by atoms with Crippen LogP contribution in [-0.2, 0) is 11.3 Å². The van der Waals surface area contributed by atoms with Gasteiger partial charge in [-0.1, -0.05) is 0 Å². The topological polar surface area (TPSA) is 23.6 Å². The molecule has 20 heavy (non-hydrogen) atoms. The van der Waals surface area contributed by atoms with Gasteiger partial charge in [-0.25, -0.2) is 0 Å². The van der Waals surface area contributed by atoms with Crippen molar-refractivity contribution >= 4 is 17.2 Å². The van der Waals surface area contributed by atoms with E-state index in [1.807, 2.05) is 16.2 Å². The highest BCUT2D eigenvalue weighted by atomic mass is 32.1. The van der Waals surface area contributed by atoms with Gasteiger partial charge in [0.15, 0.2) is 0 Å². The number of rotatable bonds is 5. The van der Waals surface area contributed by atoms with Gasteiger partial charge in [-0.2, -0.15) is 0 Å². The smallest absolute Gasteiger partial charge is 0.226 e. The molecule has 1 aliphatic heterocycles. The highest BCUT2D eigenvalue weighted by Gasteiger charge is 2.28. The van der Waals surface area contributed by atoms with Gasteiger partial charge in [0, 0.05) is 35.9 Å². The zero-order valence-corrected chi connectivity index (χ0v) is 13.7. The fraction of sp³-hybridized carbons (Fsp3) is 0.688. The largest absolute Gasteiger partial charge is 0.343 e. The minimum absolute atomic E-state index is 0.199. The van der Waals surface area contributed by atoms with Crippen molar-refractivity contribution in [3.05, 3.63) is 21.9 Å². The molecule has 0 spiro atoms. The van der Waals surface area contributed by atoms with Gasteiger partial charge in [0.1, 0.15) is 0 Å². The Balaban J connectivity index is 1.92. The standard InChI is InChI=1S/C16H26N2OS/c1-4-18(5-2)16(19)14-7-6-10-17(11-14)12-15-9-8-13(3)20-15/h8-9,14H,4-7,10-12H2,1-3H3. The van der Waals surface area contributed by atoms with Crippen molar-refractivity contribution in [2.45, 2.75) is 40.2 Å². The monoisotopic (exact) mass is 294 g/mol. The molecule has 0 radical (unpaired) electrons. The Morgan fingerprint density at radius 3 is 2.75 bits per heavy atom. The average molecular weight is 294 g/mol. The summed E-state index contributed by atoms with van der Waals surface area (Å²) in [4.78, 5) is 19.7. The van der Waals surface area contributed by atoms with Gasteiger partial charge in [-0.3, -0.25) is 9.69 Å². The van der Waals surface area contributed by atoms with Gasteiger partial charge in [0.2, 0.25) is 5.91 Å². The number of piperidine rings is 1. The first-order chi connectivity index (χ1) is 9.63. The maximum Gasteiger partial charge on any atom is 0.226 e. The Kier molecular flexibility index (Phi) is 5.61. The molecule has 1 aromatic heterocycles. The molecule has 1 atom stereocenters. The summed E-state index contributed by atoms with van der Waals surface area (Å²) in [5.74, 6) is 0.548. The van der Waals surface area contributed by atoms with Gasteiger partial charge in [0.05, 0.1) is 5.92 Å². The molecule has 0 aromatic carbocycles. The van der Waals surface area contributed by atoms with E-state index in [9.17, 15) is 4.79 Å². The van der Waals surface area contributed by atoms with Gasteiger partial charge in [0.25, 0.3) is 0 Å². The molecule has 1 saturated heterocycles. The Morgan fingerprint density at radius 1 is 1.40 bits per heavy atom. The highest BCUT2D eigenvalue weighted by Crippen LogP contribution is 2.23. The van der Waals surface area contributed by atoms with Crippen LogP contribution in [0.15, 0.2) is 12.1 Å². The molecule has 0 N–H and O–H groups in total. The van der Waals surface area contributed by atoms with E-state index in [-0.39, 0.29) is 5.92 Å². The second-order valence-corrected chi connectivity index (χ2v) is 6.97. The molecule has 2 heterocycles. The van der Waals surface area contributed by atoms with Gasteiger partial charge >= 0.3 is 0 Å². The molecule has 0 bridgehead atoms. The summed E-state index contributed by atoms with van der Waals surface area (Å²) in [5, 5.41) is 0. The summed E-state index contributed by atoms with van der Waals surface area (Å²) in [6.45, 7) is 11.0. The summed E-state index contributed by atoms with van der Waals surface area (Å²) in [6, 6.07) is 4.40. The molecule has 1 amide bonds. The molecular weight excluding hydrogens is 268 g/mol. The second-order valence-electron chi connectivity index (χ2n) is 5.60. The van der Waals surface area contributed by atoms with Crippen molar-refractivity contribution < 1.29 is 4.79 Å². The summed E-state index contributed by atoms with van der Waals surface area (Å²) < 4.78 is 0. The average Bonchev–Trinajstić information content (AvgIpc) is 2.85. The van der Waals surface area contributed by atoms with E-state index in [0.29, 0.717) is 5.91 Å². The molecule has 1 aromatic rings. The van der Waals surface area contributed by atoms with Crippen molar-refractivity contribution in [3.8, 4) is 0 Å². The molecule has 2 rings (SSSR count). The van der Waals surface area contributed by atoms with E-state index >= 15 is 0 Å². The van der Waals surface area contributed by atoms with E-state index in [0.717, 1.165) is 45.6 Å². The Morgan fingerprint density at radius 2 is 2.15 bits per heavy atom. The van der Waals surface area contributed by atoms with Crippen LogP contribution in [0.2, 0.25) is 0 Å². The Hall–Kier alpha value is -0.870. The van der Waals surface area contributed by atoms with E-state index in [1.165, 1.54) is 9.75 Å². The number of nitrogens with zero attached hydrogens (tertiary/aromatic N) is 2. The number of aryl methyl sites for hydroxylation is 1. The number of carbonyl (C=O) groups excluding carboxylic acids is 1. The lowest BCUT2D eigenvalue weighted by atomic mass is 9.96. The minimum atomic E-state index is 0.199. The molecule has 1 fully saturated rings. The van der Waals surface area contributed by atoms with Crippen molar-refractivity contribution in [2.75, 3.05) is 26.2 Å².